The van der Waals surface area contributed by atoms with Gasteiger partial charge in [-0.1, -0.05) is 24.3 Å². The molecule has 4 heterocycles. The van der Waals surface area contributed by atoms with Gasteiger partial charge >= 0.3 is 0 Å². The van der Waals surface area contributed by atoms with Crippen molar-refractivity contribution < 1.29 is 24.7 Å². The summed E-state index contributed by atoms with van der Waals surface area (Å²) in [6.45, 7) is 5.10. The maximum absolute atomic E-state index is 13.1. The number of aliphatic carboxylic acids is 1. The lowest BCUT2D eigenvalue weighted by Gasteiger charge is -2.21. The molecule has 6 N–H and O–H groups in total. The van der Waals surface area contributed by atoms with Crippen LogP contribution in [0.4, 0.5) is 11.5 Å². The Morgan fingerprint density at radius 3 is 2.63 bits per heavy atom. The van der Waals surface area contributed by atoms with Gasteiger partial charge in [-0.3, -0.25) is 4.79 Å². The first-order valence-corrected chi connectivity index (χ1v) is 13.3. The summed E-state index contributed by atoms with van der Waals surface area (Å²) in [4.78, 5) is 33.9. The second kappa shape index (κ2) is 11.6. The van der Waals surface area contributed by atoms with Crippen LogP contribution in [0.5, 0.6) is 5.75 Å². The molecule has 5 aromatic rings. The number of aromatic nitrogens is 5. The number of benzene rings is 2. The summed E-state index contributed by atoms with van der Waals surface area (Å²) < 4.78 is 7.66. The number of hydrogen-bond acceptors (Lipinski definition) is 8. The first-order chi connectivity index (χ1) is 19.8. The van der Waals surface area contributed by atoms with Crippen LogP contribution < -0.4 is 26.2 Å². The molecule has 0 unspecified atom stereocenters. The van der Waals surface area contributed by atoms with E-state index in [4.69, 9.17) is 25.5 Å². The van der Waals surface area contributed by atoms with Gasteiger partial charge in [0.1, 0.15) is 29.3 Å². The molecule has 0 bridgehead atoms. The number of rotatable bonds is 5. The van der Waals surface area contributed by atoms with Crippen LogP contribution in [0, 0.1) is 6.92 Å². The average Bonchev–Trinajstić information content (AvgIpc) is 3.58. The van der Waals surface area contributed by atoms with Gasteiger partial charge in [-0.15, -0.1) is 0 Å². The average molecular weight is 557 g/mol. The molecule has 12 nitrogen and oxygen atoms in total. The summed E-state index contributed by atoms with van der Waals surface area (Å²) in [5.74, 6) is -0.425. The number of aryl methyl sites for hydroxylation is 1. The number of nitrogen functional groups attached to an aromatic ring is 1. The van der Waals surface area contributed by atoms with Crippen molar-refractivity contribution in [1.29, 1.82) is 0 Å². The van der Waals surface area contributed by atoms with E-state index in [1.165, 1.54) is 6.33 Å². The molecule has 0 aliphatic carbocycles. The molecule has 3 aromatic heterocycles. The normalized spacial score (nSPS) is 13.5. The number of carboxylic acid groups (broad SMARTS) is 1. The molecule has 0 spiro atoms. The number of nitrogens with zero attached hydrogens (tertiary/aromatic N) is 4. The first-order valence-electron chi connectivity index (χ1n) is 13.3. The number of piperidine rings is 1. The zero-order valence-electron chi connectivity index (χ0n) is 23.1. The fraction of sp³-hybridized carbons (Fsp3) is 0.276. The summed E-state index contributed by atoms with van der Waals surface area (Å²) in [6.07, 6.45) is 3.52. The molecule has 1 fully saturated rings. The molecule has 2 aromatic carbocycles. The number of H-pyrrole nitrogens is 1. The van der Waals surface area contributed by atoms with Gasteiger partial charge in [0.05, 0.1) is 37.3 Å². The number of fused-ring (bicyclic) bond motifs is 2. The predicted molar refractivity (Wildman–Crippen MR) is 153 cm³/mol. The first kappa shape index (κ1) is 27.6. The highest BCUT2D eigenvalue weighted by Gasteiger charge is 2.25. The van der Waals surface area contributed by atoms with Crippen LogP contribution in [0.3, 0.4) is 0 Å². The Balaban J connectivity index is 0.000000794. The van der Waals surface area contributed by atoms with Crippen molar-refractivity contribution in [2.45, 2.75) is 32.7 Å². The van der Waals surface area contributed by atoms with Crippen molar-refractivity contribution in [1.82, 2.24) is 24.7 Å². The largest absolute Gasteiger partial charge is 0.550 e. The smallest absolute Gasteiger partial charge is 0.272 e. The summed E-state index contributed by atoms with van der Waals surface area (Å²) in [6, 6.07) is 13.7. The van der Waals surface area contributed by atoms with E-state index in [-0.39, 0.29) is 11.9 Å². The number of ether oxygens (including phenoxy) is 1. The van der Waals surface area contributed by atoms with E-state index in [1.807, 2.05) is 54.1 Å². The van der Waals surface area contributed by atoms with Crippen LogP contribution in [0.2, 0.25) is 0 Å². The van der Waals surface area contributed by atoms with E-state index in [0.29, 0.717) is 28.6 Å². The van der Waals surface area contributed by atoms with Crippen LogP contribution >= 0.6 is 0 Å². The molecule has 1 aliphatic heterocycles. The topological polar surface area (TPSA) is 180 Å². The van der Waals surface area contributed by atoms with Crippen LogP contribution in [0.15, 0.2) is 48.8 Å². The number of quaternary nitrogens is 1. The fourth-order valence-electron chi connectivity index (χ4n) is 5.17. The SMILES string of the molecule is CC(=O)[O-].COc1cc(-c2nn(C3CC[NH2+]CC3)c3ncnc(N)c23)ccc1NC(=O)c1cc2cccc(C)c2[nH]1. The number of methoxy groups -OCH3 is 1. The lowest BCUT2D eigenvalue weighted by Crippen LogP contribution is -2.86. The molecule has 0 atom stereocenters. The Morgan fingerprint density at radius 1 is 1.17 bits per heavy atom. The van der Waals surface area contributed by atoms with Crippen molar-refractivity contribution in [2.75, 3.05) is 31.2 Å². The number of anilines is 2. The molecular weight excluding hydrogens is 524 g/mol. The van der Waals surface area contributed by atoms with E-state index < -0.39 is 5.97 Å². The van der Waals surface area contributed by atoms with Gasteiger partial charge in [-0.05, 0) is 37.6 Å². The summed E-state index contributed by atoms with van der Waals surface area (Å²) >= 11 is 0. The zero-order valence-corrected chi connectivity index (χ0v) is 23.1. The third-order valence-corrected chi connectivity index (χ3v) is 7.10. The number of nitrogens with two attached hydrogens (primary N) is 2. The predicted octanol–water partition coefficient (Wildman–Crippen LogP) is 1.78. The van der Waals surface area contributed by atoms with Gasteiger partial charge < -0.3 is 36.0 Å². The summed E-state index contributed by atoms with van der Waals surface area (Å²) in [5, 5.41) is 20.9. The Bertz CT molecular complexity index is 1730. The maximum Gasteiger partial charge on any atom is 0.272 e. The van der Waals surface area contributed by atoms with Gasteiger partial charge in [0.2, 0.25) is 0 Å². The van der Waals surface area contributed by atoms with E-state index >= 15 is 0 Å². The minimum Gasteiger partial charge on any atom is -0.550 e. The standard InChI is InChI=1S/C27H28N8O2.C2H4O2/c1-15-4-3-5-16-12-20(32-23(15)16)27(36)33-19-7-6-17(13-21(19)37-2)24-22-25(28)30-14-31-26(22)35(34-24)18-8-10-29-11-9-18;1-2(3)4/h3-7,12-14,18,29,32H,8-11H2,1-2H3,(H,33,36)(H2,28,30,31);1H3,(H,3,4). The molecule has 1 saturated heterocycles. The van der Waals surface area contributed by atoms with Gasteiger partial charge in [0.15, 0.2) is 5.65 Å². The molecule has 0 radical (unpaired) electrons. The summed E-state index contributed by atoms with van der Waals surface area (Å²) in [5.41, 5.74) is 11.6. The number of carbonyl (C=O) groups is 2. The number of nitrogens with one attached hydrogen (secondary N) is 2. The summed E-state index contributed by atoms with van der Waals surface area (Å²) in [7, 11) is 1.58. The van der Waals surface area contributed by atoms with Crippen molar-refractivity contribution in [3.8, 4) is 17.0 Å². The highest BCUT2D eigenvalue weighted by atomic mass is 16.5. The molecule has 41 heavy (non-hydrogen) atoms. The van der Waals surface area contributed by atoms with E-state index in [1.54, 1.807) is 7.11 Å². The Kier molecular flexibility index (Phi) is 7.83. The minimum absolute atomic E-state index is 0.247. The number of aromatic amines is 1. The Labute approximate surface area is 235 Å². The van der Waals surface area contributed by atoms with E-state index in [9.17, 15) is 4.79 Å². The molecule has 212 valence electrons. The maximum atomic E-state index is 13.1. The van der Waals surface area contributed by atoms with E-state index in [2.05, 4.69) is 25.6 Å². The number of carboxylic acids is 1. The molecule has 0 saturated carbocycles. The molecule has 1 amide bonds. The quantitative estimate of drug-likeness (QED) is 0.253. The second-order valence-corrected chi connectivity index (χ2v) is 9.93. The lowest BCUT2D eigenvalue weighted by molar-refractivity contribution is -0.664. The molecular formula is C29H32N8O4. The highest BCUT2D eigenvalue weighted by molar-refractivity contribution is 6.07. The van der Waals surface area contributed by atoms with Crippen molar-refractivity contribution in [3.63, 3.8) is 0 Å². The third kappa shape index (κ3) is 5.68. The Morgan fingerprint density at radius 2 is 1.93 bits per heavy atom. The molecule has 12 heteroatoms. The zero-order chi connectivity index (χ0) is 29.1. The van der Waals surface area contributed by atoms with Crippen LogP contribution in [0.1, 0.15) is 41.9 Å². The molecule has 1 aliphatic rings. The van der Waals surface area contributed by atoms with Crippen LogP contribution in [-0.2, 0) is 4.79 Å². The lowest BCUT2D eigenvalue weighted by atomic mass is 10.1. The van der Waals surface area contributed by atoms with Gasteiger partial charge in [0.25, 0.3) is 5.91 Å². The van der Waals surface area contributed by atoms with Crippen molar-refractivity contribution >= 4 is 45.3 Å². The number of carbonyl (C=O) groups excluding carboxylic acids is 2. The third-order valence-electron chi connectivity index (χ3n) is 7.10. The van der Waals surface area contributed by atoms with Crippen LogP contribution in [0.25, 0.3) is 33.2 Å². The minimum atomic E-state index is -1.08. The van der Waals surface area contributed by atoms with Crippen molar-refractivity contribution in [2.24, 2.45) is 0 Å². The monoisotopic (exact) mass is 556 g/mol. The molecule has 6 rings (SSSR count). The number of hydrogen-bond donors (Lipinski definition) is 4. The van der Waals surface area contributed by atoms with Gasteiger partial charge in [-0.25, -0.2) is 14.6 Å². The number of para-hydroxylation sites is 1. The second-order valence-electron chi connectivity index (χ2n) is 9.93. The van der Waals surface area contributed by atoms with Crippen molar-refractivity contribution in [3.05, 3.63) is 60.0 Å². The highest BCUT2D eigenvalue weighted by Crippen LogP contribution is 2.37. The van der Waals surface area contributed by atoms with E-state index in [0.717, 1.165) is 65.9 Å². The van der Waals surface area contributed by atoms with Crippen LogP contribution in [-0.4, -0.2) is 56.8 Å². The van der Waals surface area contributed by atoms with Gasteiger partial charge in [-0.2, -0.15) is 5.10 Å². The Hall–Kier alpha value is -4.97. The number of amides is 1. The van der Waals surface area contributed by atoms with Gasteiger partial charge in [0, 0.05) is 35.3 Å². The fourth-order valence-corrected chi connectivity index (χ4v) is 5.17.